The van der Waals surface area contributed by atoms with E-state index in [-0.39, 0.29) is 11.6 Å². The Morgan fingerprint density at radius 1 is 1.40 bits per heavy atom. The zero-order chi connectivity index (χ0) is 13.9. The molecule has 0 saturated carbocycles. The molecule has 3 aromatic heterocycles. The SMILES string of the molecule is CC(NCCn1ccc2sccc2c1=O)c1ccco1. The van der Waals surface area contributed by atoms with Gasteiger partial charge >= 0.3 is 0 Å². The van der Waals surface area contributed by atoms with Gasteiger partial charge in [-0.3, -0.25) is 4.79 Å². The van der Waals surface area contributed by atoms with Crippen LogP contribution in [0, 0.1) is 0 Å². The van der Waals surface area contributed by atoms with E-state index in [0.717, 1.165) is 22.4 Å². The lowest BCUT2D eigenvalue weighted by molar-refractivity contribution is 0.422. The Hall–Kier alpha value is -1.85. The number of fused-ring (bicyclic) bond motifs is 1. The second-order valence-electron chi connectivity index (χ2n) is 4.70. The highest BCUT2D eigenvalue weighted by Crippen LogP contribution is 2.16. The van der Waals surface area contributed by atoms with Crippen molar-refractivity contribution >= 4 is 21.4 Å². The molecule has 4 nitrogen and oxygen atoms in total. The van der Waals surface area contributed by atoms with Gasteiger partial charge in [-0.05, 0) is 36.6 Å². The number of hydrogen-bond acceptors (Lipinski definition) is 4. The van der Waals surface area contributed by atoms with Crippen LogP contribution in [0.15, 0.2) is 51.3 Å². The Morgan fingerprint density at radius 3 is 3.10 bits per heavy atom. The molecule has 0 aliphatic carbocycles. The minimum Gasteiger partial charge on any atom is -0.468 e. The summed E-state index contributed by atoms with van der Waals surface area (Å²) in [6.45, 7) is 3.41. The minimum absolute atomic E-state index is 0.0798. The number of thiophene rings is 1. The van der Waals surface area contributed by atoms with Gasteiger partial charge in [0, 0.05) is 24.0 Å². The first-order chi connectivity index (χ1) is 9.75. The maximum atomic E-state index is 12.2. The van der Waals surface area contributed by atoms with E-state index in [1.165, 1.54) is 0 Å². The lowest BCUT2D eigenvalue weighted by atomic mass is 10.2. The topological polar surface area (TPSA) is 47.2 Å². The van der Waals surface area contributed by atoms with Gasteiger partial charge in [-0.2, -0.15) is 0 Å². The second-order valence-corrected chi connectivity index (χ2v) is 5.65. The van der Waals surface area contributed by atoms with Gasteiger partial charge in [0.25, 0.3) is 5.56 Å². The Morgan fingerprint density at radius 2 is 2.30 bits per heavy atom. The molecule has 0 radical (unpaired) electrons. The van der Waals surface area contributed by atoms with Crippen LogP contribution < -0.4 is 10.9 Å². The van der Waals surface area contributed by atoms with Gasteiger partial charge in [0.2, 0.25) is 0 Å². The van der Waals surface area contributed by atoms with E-state index in [2.05, 4.69) is 5.32 Å². The molecule has 0 aliphatic rings. The number of nitrogens with one attached hydrogen (secondary N) is 1. The summed E-state index contributed by atoms with van der Waals surface area (Å²) in [4.78, 5) is 12.2. The molecule has 0 bridgehead atoms. The van der Waals surface area contributed by atoms with Gasteiger partial charge in [0.1, 0.15) is 5.76 Å². The van der Waals surface area contributed by atoms with E-state index in [1.807, 2.05) is 42.8 Å². The van der Waals surface area contributed by atoms with Crippen molar-refractivity contribution in [2.24, 2.45) is 0 Å². The summed E-state index contributed by atoms with van der Waals surface area (Å²) >= 11 is 1.60. The molecule has 0 aromatic carbocycles. The smallest absolute Gasteiger partial charge is 0.259 e. The summed E-state index contributed by atoms with van der Waals surface area (Å²) in [7, 11) is 0. The molecule has 5 heteroatoms. The van der Waals surface area contributed by atoms with Crippen molar-refractivity contribution in [1.82, 2.24) is 9.88 Å². The highest BCUT2D eigenvalue weighted by molar-refractivity contribution is 7.17. The highest BCUT2D eigenvalue weighted by Gasteiger charge is 2.07. The van der Waals surface area contributed by atoms with Gasteiger partial charge in [-0.1, -0.05) is 0 Å². The predicted molar refractivity (Wildman–Crippen MR) is 81.2 cm³/mol. The van der Waals surface area contributed by atoms with Crippen LogP contribution in [0.2, 0.25) is 0 Å². The third kappa shape index (κ3) is 2.55. The molecule has 1 N–H and O–H groups in total. The zero-order valence-corrected chi connectivity index (χ0v) is 12.0. The molecule has 3 rings (SSSR count). The van der Waals surface area contributed by atoms with Gasteiger partial charge in [-0.15, -0.1) is 11.3 Å². The lowest BCUT2D eigenvalue weighted by Crippen LogP contribution is -2.28. The van der Waals surface area contributed by atoms with Crippen molar-refractivity contribution < 1.29 is 4.42 Å². The maximum absolute atomic E-state index is 12.2. The van der Waals surface area contributed by atoms with Gasteiger partial charge in [-0.25, -0.2) is 0 Å². The van der Waals surface area contributed by atoms with E-state index in [0.29, 0.717) is 6.54 Å². The average Bonchev–Trinajstić information content (AvgIpc) is 3.11. The number of pyridine rings is 1. The van der Waals surface area contributed by atoms with Crippen LogP contribution in [0.1, 0.15) is 18.7 Å². The van der Waals surface area contributed by atoms with Crippen molar-refractivity contribution in [3.63, 3.8) is 0 Å². The van der Waals surface area contributed by atoms with E-state index in [9.17, 15) is 4.79 Å². The number of rotatable bonds is 5. The largest absolute Gasteiger partial charge is 0.468 e. The van der Waals surface area contributed by atoms with Crippen molar-refractivity contribution in [2.45, 2.75) is 19.5 Å². The molecular weight excluding hydrogens is 272 g/mol. The molecule has 0 aliphatic heterocycles. The van der Waals surface area contributed by atoms with Crippen LogP contribution in [0.4, 0.5) is 0 Å². The molecule has 104 valence electrons. The zero-order valence-electron chi connectivity index (χ0n) is 11.2. The molecule has 0 amide bonds. The van der Waals surface area contributed by atoms with Crippen LogP contribution in [0.5, 0.6) is 0 Å². The molecule has 0 saturated heterocycles. The standard InChI is InChI=1S/C15H16N2O2S/c1-11(13-3-2-9-19-13)16-6-8-17-7-4-14-12(15(17)18)5-10-20-14/h2-5,7,9-11,16H,6,8H2,1H3. The minimum atomic E-state index is 0.0798. The molecule has 3 heterocycles. The fourth-order valence-electron chi connectivity index (χ4n) is 2.22. The Kier molecular flexibility index (Phi) is 3.71. The summed E-state index contributed by atoms with van der Waals surface area (Å²) in [5.41, 5.74) is 0.0798. The van der Waals surface area contributed by atoms with Gasteiger partial charge < -0.3 is 14.3 Å². The number of nitrogens with zero attached hydrogens (tertiary/aromatic N) is 1. The van der Waals surface area contributed by atoms with Gasteiger partial charge in [0.15, 0.2) is 0 Å². The van der Waals surface area contributed by atoms with E-state index in [1.54, 1.807) is 22.2 Å². The Bertz CT molecular complexity index is 743. The molecule has 1 unspecified atom stereocenters. The highest BCUT2D eigenvalue weighted by atomic mass is 32.1. The average molecular weight is 288 g/mol. The van der Waals surface area contributed by atoms with Crippen LogP contribution in [-0.4, -0.2) is 11.1 Å². The summed E-state index contributed by atoms with van der Waals surface area (Å²) < 4.78 is 8.13. The number of furan rings is 1. The third-order valence-electron chi connectivity index (χ3n) is 3.37. The predicted octanol–water partition coefficient (Wildman–Crippen LogP) is 3.01. The van der Waals surface area contributed by atoms with Crippen LogP contribution in [0.25, 0.3) is 10.1 Å². The van der Waals surface area contributed by atoms with E-state index < -0.39 is 0 Å². The normalized spacial score (nSPS) is 12.8. The Balaban J connectivity index is 1.65. The summed E-state index contributed by atoms with van der Waals surface area (Å²) in [6.07, 6.45) is 3.53. The van der Waals surface area contributed by atoms with E-state index >= 15 is 0 Å². The van der Waals surface area contributed by atoms with Gasteiger partial charge in [0.05, 0.1) is 17.7 Å². The molecule has 0 fully saturated rings. The summed E-state index contributed by atoms with van der Waals surface area (Å²) in [5.74, 6) is 0.908. The quantitative estimate of drug-likeness (QED) is 0.785. The molecule has 20 heavy (non-hydrogen) atoms. The maximum Gasteiger partial charge on any atom is 0.259 e. The molecule has 3 aromatic rings. The van der Waals surface area contributed by atoms with Crippen molar-refractivity contribution in [3.05, 3.63) is 58.2 Å². The second kappa shape index (κ2) is 5.64. The fraction of sp³-hybridized carbons (Fsp3) is 0.267. The van der Waals surface area contributed by atoms with Crippen molar-refractivity contribution in [3.8, 4) is 0 Å². The number of hydrogen-bond donors (Lipinski definition) is 1. The molecule has 1 atom stereocenters. The third-order valence-corrected chi connectivity index (χ3v) is 4.25. The van der Waals surface area contributed by atoms with Crippen LogP contribution >= 0.6 is 11.3 Å². The van der Waals surface area contributed by atoms with Crippen LogP contribution in [-0.2, 0) is 6.54 Å². The lowest BCUT2D eigenvalue weighted by Gasteiger charge is -2.12. The molecular formula is C15H16N2O2S. The first-order valence-electron chi connectivity index (χ1n) is 6.59. The Labute approximate surface area is 120 Å². The van der Waals surface area contributed by atoms with Crippen LogP contribution in [0.3, 0.4) is 0 Å². The number of aromatic nitrogens is 1. The summed E-state index contributed by atoms with van der Waals surface area (Å²) in [5, 5.41) is 6.11. The first-order valence-corrected chi connectivity index (χ1v) is 7.47. The summed E-state index contributed by atoms with van der Waals surface area (Å²) in [6, 6.07) is 7.85. The molecule has 0 spiro atoms. The van der Waals surface area contributed by atoms with Crippen molar-refractivity contribution in [2.75, 3.05) is 6.54 Å². The fourth-order valence-corrected chi connectivity index (χ4v) is 3.00. The van der Waals surface area contributed by atoms with E-state index in [4.69, 9.17) is 4.42 Å². The van der Waals surface area contributed by atoms with Crippen molar-refractivity contribution in [1.29, 1.82) is 0 Å². The first kappa shape index (κ1) is 13.1. The monoisotopic (exact) mass is 288 g/mol.